The first-order chi connectivity index (χ1) is 9.22. The lowest BCUT2D eigenvalue weighted by molar-refractivity contribution is 0.0683. The Balaban J connectivity index is 1.91. The molecular weight excluding hydrogens is 238 g/mol. The van der Waals surface area contributed by atoms with E-state index in [0.29, 0.717) is 11.6 Å². The molecule has 104 valence electrons. The molecule has 1 N–H and O–H groups in total. The van der Waals surface area contributed by atoms with Crippen molar-refractivity contribution < 1.29 is 4.79 Å². The van der Waals surface area contributed by atoms with Crippen molar-refractivity contribution in [3.8, 4) is 0 Å². The van der Waals surface area contributed by atoms with Crippen molar-refractivity contribution in [2.45, 2.75) is 26.7 Å². The summed E-state index contributed by atoms with van der Waals surface area (Å²) in [6.07, 6.45) is 3.87. The zero-order valence-corrected chi connectivity index (χ0v) is 11.9. The molecule has 4 nitrogen and oxygen atoms in total. The summed E-state index contributed by atoms with van der Waals surface area (Å²) in [5.74, 6) is 0.786. The van der Waals surface area contributed by atoms with Gasteiger partial charge in [0.05, 0.1) is 0 Å². The van der Waals surface area contributed by atoms with Gasteiger partial charge >= 0.3 is 0 Å². The van der Waals surface area contributed by atoms with E-state index in [1.807, 2.05) is 24.0 Å². The van der Waals surface area contributed by atoms with E-state index in [1.54, 1.807) is 6.20 Å². The number of hydrogen-bond acceptors (Lipinski definition) is 3. The molecule has 1 saturated heterocycles. The number of aryl methyl sites for hydroxylation is 1. The summed E-state index contributed by atoms with van der Waals surface area (Å²) >= 11 is 0. The van der Waals surface area contributed by atoms with Crippen LogP contribution in [0.4, 0.5) is 0 Å². The number of aromatic nitrogens is 1. The number of pyridine rings is 1. The lowest BCUT2D eigenvalue weighted by Crippen LogP contribution is -2.41. The van der Waals surface area contributed by atoms with Crippen LogP contribution in [-0.4, -0.2) is 42.0 Å². The second-order valence-corrected chi connectivity index (χ2v) is 5.21. The van der Waals surface area contributed by atoms with E-state index in [2.05, 4.69) is 17.2 Å². The highest BCUT2D eigenvalue weighted by Gasteiger charge is 2.24. The highest BCUT2D eigenvalue weighted by Crippen LogP contribution is 2.18. The van der Waals surface area contributed by atoms with E-state index >= 15 is 0 Å². The molecule has 0 saturated carbocycles. The van der Waals surface area contributed by atoms with Gasteiger partial charge in [-0.1, -0.05) is 13.0 Å². The fourth-order valence-corrected chi connectivity index (χ4v) is 2.55. The molecule has 1 amide bonds. The Kier molecular flexibility index (Phi) is 4.91. The monoisotopic (exact) mass is 261 g/mol. The van der Waals surface area contributed by atoms with Crippen LogP contribution in [0.1, 0.15) is 35.8 Å². The Hall–Kier alpha value is -1.42. The molecule has 0 aromatic carbocycles. The van der Waals surface area contributed by atoms with Gasteiger partial charge in [0.1, 0.15) is 5.69 Å². The summed E-state index contributed by atoms with van der Waals surface area (Å²) < 4.78 is 0. The second-order valence-electron chi connectivity index (χ2n) is 5.21. The fraction of sp³-hybridized carbons (Fsp3) is 0.600. The minimum Gasteiger partial charge on any atom is -0.337 e. The van der Waals surface area contributed by atoms with Crippen molar-refractivity contribution in [1.82, 2.24) is 15.2 Å². The van der Waals surface area contributed by atoms with Gasteiger partial charge in [-0.15, -0.1) is 0 Å². The Bertz CT molecular complexity index is 425. The van der Waals surface area contributed by atoms with Crippen molar-refractivity contribution in [1.29, 1.82) is 0 Å². The standard InChI is InChI=1S/C15H23N3O/c1-3-16-11-13-6-9-18(10-7-13)15(19)14-12(2)5-4-8-17-14/h4-5,8,13,16H,3,6-7,9-11H2,1-2H3. The van der Waals surface area contributed by atoms with Gasteiger partial charge in [0.15, 0.2) is 0 Å². The van der Waals surface area contributed by atoms with Gasteiger partial charge in [-0.05, 0) is 50.4 Å². The normalized spacial score (nSPS) is 16.6. The van der Waals surface area contributed by atoms with Gasteiger partial charge in [-0.25, -0.2) is 0 Å². The molecule has 1 aromatic rings. The number of hydrogen-bond donors (Lipinski definition) is 1. The van der Waals surface area contributed by atoms with Crippen LogP contribution in [-0.2, 0) is 0 Å². The highest BCUT2D eigenvalue weighted by atomic mass is 16.2. The molecule has 0 unspecified atom stereocenters. The van der Waals surface area contributed by atoms with Crippen LogP contribution in [0, 0.1) is 12.8 Å². The van der Waals surface area contributed by atoms with Crippen LogP contribution in [0.5, 0.6) is 0 Å². The Morgan fingerprint density at radius 2 is 2.21 bits per heavy atom. The summed E-state index contributed by atoms with van der Waals surface area (Å²) in [6.45, 7) is 7.86. The minimum absolute atomic E-state index is 0.0833. The first kappa shape index (κ1) is 14.0. The second kappa shape index (κ2) is 6.66. The van der Waals surface area contributed by atoms with Crippen LogP contribution < -0.4 is 5.32 Å². The summed E-state index contributed by atoms with van der Waals surface area (Å²) in [5, 5.41) is 3.39. The average molecular weight is 261 g/mol. The van der Waals surface area contributed by atoms with Gasteiger partial charge in [-0.3, -0.25) is 9.78 Å². The number of piperidine rings is 1. The topological polar surface area (TPSA) is 45.2 Å². The van der Waals surface area contributed by atoms with Crippen LogP contribution in [0.3, 0.4) is 0 Å². The van der Waals surface area contributed by atoms with Crippen molar-refractivity contribution >= 4 is 5.91 Å². The molecule has 2 rings (SSSR count). The predicted molar refractivity (Wildman–Crippen MR) is 76.1 cm³/mol. The third-order valence-corrected chi connectivity index (χ3v) is 3.80. The number of carbonyl (C=O) groups excluding carboxylic acids is 1. The summed E-state index contributed by atoms with van der Waals surface area (Å²) in [6, 6.07) is 3.81. The minimum atomic E-state index is 0.0833. The number of rotatable bonds is 4. The maximum absolute atomic E-state index is 12.4. The summed E-state index contributed by atoms with van der Waals surface area (Å²) in [4.78, 5) is 18.5. The van der Waals surface area contributed by atoms with E-state index in [-0.39, 0.29) is 5.91 Å². The number of nitrogens with one attached hydrogen (secondary N) is 1. The van der Waals surface area contributed by atoms with Gasteiger partial charge < -0.3 is 10.2 Å². The Morgan fingerprint density at radius 1 is 1.47 bits per heavy atom. The van der Waals surface area contributed by atoms with Crippen molar-refractivity contribution in [3.63, 3.8) is 0 Å². The molecule has 1 aliphatic heterocycles. The fourth-order valence-electron chi connectivity index (χ4n) is 2.55. The molecule has 1 aromatic heterocycles. The molecule has 0 atom stereocenters. The lowest BCUT2D eigenvalue weighted by Gasteiger charge is -2.32. The average Bonchev–Trinajstić information content (AvgIpc) is 2.45. The molecule has 2 heterocycles. The smallest absolute Gasteiger partial charge is 0.272 e. The van der Waals surface area contributed by atoms with Gasteiger partial charge in [0.2, 0.25) is 0 Å². The van der Waals surface area contributed by atoms with Crippen LogP contribution in [0.2, 0.25) is 0 Å². The van der Waals surface area contributed by atoms with E-state index in [4.69, 9.17) is 0 Å². The van der Waals surface area contributed by atoms with Gasteiger partial charge in [0.25, 0.3) is 5.91 Å². The molecule has 1 aliphatic rings. The third-order valence-electron chi connectivity index (χ3n) is 3.80. The third kappa shape index (κ3) is 3.53. The molecule has 0 bridgehead atoms. The lowest BCUT2D eigenvalue weighted by atomic mass is 9.96. The summed E-state index contributed by atoms with van der Waals surface area (Å²) in [5.41, 5.74) is 1.56. The first-order valence-electron chi connectivity index (χ1n) is 7.14. The van der Waals surface area contributed by atoms with Crippen molar-refractivity contribution in [3.05, 3.63) is 29.6 Å². The maximum Gasteiger partial charge on any atom is 0.272 e. The quantitative estimate of drug-likeness (QED) is 0.899. The van der Waals surface area contributed by atoms with Crippen molar-refractivity contribution in [2.24, 2.45) is 5.92 Å². The van der Waals surface area contributed by atoms with Gasteiger partial charge in [0, 0.05) is 19.3 Å². The van der Waals surface area contributed by atoms with E-state index in [1.165, 1.54) is 0 Å². The highest BCUT2D eigenvalue weighted by molar-refractivity contribution is 5.93. The van der Waals surface area contributed by atoms with Gasteiger partial charge in [-0.2, -0.15) is 0 Å². The first-order valence-corrected chi connectivity index (χ1v) is 7.14. The number of nitrogens with zero attached hydrogens (tertiary/aromatic N) is 2. The molecule has 0 spiro atoms. The zero-order valence-electron chi connectivity index (χ0n) is 11.9. The number of carbonyl (C=O) groups is 1. The van der Waals surface area contributed by atoms with E-state index < -0.39 is 0 Å². The largest absolute Gasteiger partial charge is 0.337 e. The van der Waals surface area contributed by atoms with E-state index in [0.717, 1.165) is 44.6 Å². The SMILES string of the molecule is CCNCC1CCN(C(=O)c2ncccc2C)CC1. The van der Waals surface area contributed by atoms with Crippen LogP contribution in [0.25, 0.3) is 0 Å². The predicted octanol–water partition coefficient (Wildman–Crippen LogP) is 1.85. The van der Waals surface area contributed by atoms with Crippen molar-refractivity contribution in [2.75, 3.05) is 26.2 Å². The molecular formula is C15H23N3O. The number of likely N-dealkylation sites (tertiary alicyclic amines) is 1. The Labute approximate surface area is 115 Å². The molecule has 19 heavy (non-hydrogen) atoms. The van der Waals surface area contributed by atoms with Crippen LogP contribution in [0.15, 0.2) is 18.3 Å². The molecule has 4 heteroatoms. The summed E-state index contributed by atoms with van der Waals surface area (Å²) in [7, 11) is 0. The van der Waals surface area contributed by atoms with E-state index in [9.17, 15) is 4.79 Å². The number of amides is 1. The Morgan fingerprint density at radius 3 is 2.84 bits per heavy atom. The molecule has 0 radical (unpaired) electrons. The molecule has 0 aliphatic carbocycles. The molecule has 1 fully saturated rings. The maximum atomic E-state index is 12.4. The zero-order chi connectivity index (χ0) is 13.7. The van der Waals surface area contributed by atoms with Crippen LogP contribution >= 0.6 is 0 Å².